The van der Waals surface area contributed by atoms with Crippen LogP contribution < -0.4 is 0 Å². The zero-order valence-electron chi connectivity index (χ0n) is 15.9. The standard InChI is InChI=1S/C23H28F3N/c1-2-3-17-4-6-18(7-5-17)8-9-19-10-12-20(13-11-19)21-14-15-22(27-16-21)23(24,25)26/h10-18H,2-9H2,1H3/t17-,18-. The van der Waals surface area contributed by atoms with Crippen molar-refractivity contribution in [1.82, 2.24) is 4.98 Å². The Morgan fingerprint density at radius 3 is 1.96 bits per heavy atom. The molecule has 1 saturated carbocycles. The Kier molecular flexibility index (Phi) is 6.56. The fourth-order valence-electron chi connectivity index (χ4n) is 4.18. The highest BCUT2D eigenvalue weighted by molar-refractivity contribution is 5.62. The molecule has 0 N–H and O–H groups in total. The van der Waals surface area contributed by atoms with Crippen molar-refractivity contribution in [3.8, 4) is 11.1 Å². The number of pyridine rings is 1. The first-order valence-corrected chi connectivity index (χ1v) is 10.1. The maximum atomic E-state index is 12.6. The van der Waals surface area contributed by atoms with Gasteiger partial charge in [-0.15, -0.1) is 0 Å². The SMILES string of the molecule is CCC[C@H]1CC[C@H](CCc2ccc(-c3ccc(C(F)(F)F)nc3)cc2)CC1. The number of benzene rings is 1. The lowest BCUT2D eigenvalue weighted by atomic mass is 9.78. The highest BCUT2D eigenvalue weighted by Crippen LogP contribution is 2.34. The molecule has 0 unspecified atom stereocenters. The van der Waals surface area contributed by atoms with E-state index in [4.69, 9.17) is 0 Å². The van der Waals surface area contributed by atoms with Gasteiger partial charge < -0.3 is 0 Å². The first-order valence-electron chi connectivity index (χ1n) is 10.1. The third-order valence-electron chi connectivity index (χ3n) is 5.85. The molecule has 1 fully saturated rings. The van der Waals surface area contributed by atoms with Crippen LogP contribution in [0, 0.1) is 11.8 Å². The number of halogens is 3. The van der Waals surface area contributed by atoms with Crippen molar-refractivity contribution >= 4 is 0 Å². The lowest BCUT2D eigenvalue weighted by Gasteiger charge is -2.28. The summed E-state index contributed by atoms with van der Waals surface area (Å²) in [5.41, 5.74) is 2.06. The van der Waals surface area contributed by atoms with E-state index in [1.165, 1.54) is 62.8 Å². The van der Waals surface area contributed by atoms with Crippen molar-refractivity contribution in [2.45, 2.75) is 64.5 Å². The molecule has 1 aliphatic carbocycles. The quantitative estimate of drug-likeness (QED) is 0.516. The van der Waals surface area contributed by atoms with E-state index in [9.17, 15) is 13.2 Å². The Bertz CT molecular complexity index is 696. The summed E-state index contributed by atoms with van der Waals surface area (Å²) in [4.78, 5) is 3.54. The highest BCUT2D eigenvalue weighted by Gasteiger charge is 2.32. The molecule has 4 heteroatoms. The number of alkyl halides is 3. The summed E-state index contributed by atoms with van der Waals surface area (Å²) in [5.74, 6) is 1.79. The average Bonchev–Trinajstić information content (AvgIpc) is 2.68. The second-order valence-electron chi connectivity index (χ2n) is 7.84. The Morgan fingerprint density at radius 1 is 0.852 bits per heavy atom. The summed E-state index contributed by atoms with van der Waals surface area (Å²) in [6.07, 6.45) is 7.40. The molecule has 1 aliphatic rings. The monoisotopic (exact) mass is 375 g/mol. The summed E-state index contributed by atoms with van der Waals surface area (Å²) in [7, 11) is 0. The van der Waals surface area contributed by atoms with Gasteiger partial charge >= 0.3 is 6.18 Å². The molecule has 0 radical (unpaired) electrons. The molecular formula is C23H28F3N. The van der Waals surface area contributed by atoms with E-state index in [1.807, 2.05) is 12.1 Å². The molecule has 0 spiro atoms. The smallest absolute Gasteiger partial charge is 0.251 e. The molecule has 0 amide bonds. The first-order chi connectivity index (χ1) is 13.0. The molecule has 27 heavy (non-hydrogen) atoms. The molecule has 1 heterocycles. The lowest BCUT2D eigenvalue weighted by molar-refractivity contribution is -0.141. The second kappa shape index (κ2) is 8.90. The Labute approximate surface area is 160 Å². The van der Waals surface area contributed by atoms with Crippen molar-refractivity contribution in [2.75, 3.05) is 0 Å². The lowest BCUT2D eigenvalue weighted by Crippen LogP contribution is -2.15. The van der Waals surface area contributed by atoms with E-state index in [0.717, 1.165) is 29.9 Å². The largest absolute Gasteiger partial charge is 0.433 e. The van der Waals surface area contributed by atoms with Gasteiger partial charge in [-0.05, 0) is 41.9 Å². The van der Waals surface area contributed by atoms with Crippen LogP contribution in [0.25, 0.3) is 11.1 Å². The van der Waals surface area contributed by atoms with Gasteiger partial charge in [0.25, 0.3) is 0 Å². The van der Waals surface area contributed by atoms with Gasteiger partial charge in [0.05, 0.1) is 0 Å². The van der Waals surface area contributed by atoms with E-state index in [-0.39, 0.29) is 0 Å². The number of aryl methyl sites for hydroxylation is 1. The summed E-state index contributed by atoms with van der Waals surface area (Å²) >= 11 is 0. The summed E-state index contributed by atoms with van der Waals surface area (Å²) in [5, 5.41) is 0. The zero-order chi connectivity index (χ0) is 19.3. The molecule has 0 atom stereocenters. The van der Waals surface area contributed by atoms with E-state index >= 15 is 0 Å². The van der Waals surface area contributed by atoms with Gasteiger partial charge in [0.1, 0.15) is 5.69 Å². The predicted octanol–water partition coefficient (Wildman–Crippen LogP) is 7.31. The minimum absolute atomic E-state index is 0.712. The topological polar surface area (TPSA) is 12.9 Å². The number of rotatable bonds is 6. The average molecular weight is 375 g/mol. The van der Waals surface area contributed by atoms with Crippen LogP contribution in [-0.4, -0.2) is 4.98 Å². The van der Waals surface area contributed by atoms with Crippen LogP contribution >= 0.6 is 0 Å². The number of hydrogen-bond donors (Lipinski definition) is 0. The number of aromatic nitrogens is 1. The third-order valence-corrected chi connectivity index (χ3v) is 5.85. The molecular weight excluding hydrogens is 347 g/mol. The Morgan fingerprint density at radius 2 is 1.44 bits per heavy atom. The van der Waals surface area contributed by atoms with Crippen LogP contribution in [0.3, 0.4) is 0 Å². The van der Waals surface area contributed by atoms with Crippen molar-refractivity contribution in [3.05, 3.63) is 53.9 Å². The van der Waals surface area contributed by atoms with E-state index < -0.39 is 11.9 Å². The normalized spacial score (nSPS) is 20.6. The van der Waals surface area contributed by atoms with Gasteiger partial charge in [-0.25, -0.2) is 0 Å². The summed E-state index contributed by atoms with van der Waals surface area (Å²) in [6.45, 7) is 2.27. The summed E-state index contributed by atoms with van der Waals surface area (Å²) < 4.78 is 37.8. The molecule has 2 aromatic rings. The van der Waals surface area contributed by atoms with Crippen LogP contribution in [0.2, 0.25) is 0 Å². The molecule has 3 rings (SSSR count). The van der Waals surface area contributed by atoms with Crippen LogP contribution in [0.5, 0.6) is 0 Å². The summed E-state index contributed by atoms with van der Waals surface area (Å²) in [6, 6.07) is 10.7. The minimum atomic E-state index is -4.39. The van der Waals surface area contributed by atoms with Gasteiger partial charge in [-0.2, -0.15) is 13.2 Å². The maximum absolute atomic E-state index is 12.6. The van der Waals surface area contributed by atoms with Crippen LogP contribution in [0.4, 0.5) is 13.2 Å². The van der Waals surface area contributed by atoms with E-state index in [2.05, 4.69) is 24.0 Å². The van der Waals surface area contributed by atoms with Gasteiger partial charge in [0.2, 0.25) is 0 Å². The fraction of sp³-hybridized carbons (Fsp3) is 0.522. The second-order valence-corrected chi connectivity index (χ2v) is 7.84. The van der Waals surface area contributed by atoms with Crippen molar-refractivity contribution < 1.29 is 13.2 Å². The third kappa shape index (κ3) is 5.57. The minimum Gasteiger partial charge on any atom is -0.251 e. The van der Waals surface area contributed by atoms with Crippen LogP contribution in [0.15, 0.2) is 42.6 Å². The van der Waals surface area contributed by atoms with E-state index in [1.54, 1.807) is 0 Å². The maximum Gasteiger partial charge on any atom is 0.433 e. The van der Waals surface area contributed by atoms with Crippen molar-refractivity contribution in [1.29, 1.82) is 0 Å². The van der Waals surface area contributed by atoms with Crippen molar-refractivity contribution in [3.63, 3.8) is 0 Å². The van der Waals surface area contributed by atoms with Gasteiger partial charge in [0.15, 0.2) is 0 Å². The molecule has 1 nitrogen and oxygen atoms in total. The van der Waals surface area contributed by atoms with Gasteiger partial charge in [-0.3, -0.25) is 4.98 Å². The van der Waals surface area contributed by atoms with Gasteiger partial charge in [0, 0.05) is 11.8 Å². The highest BCUT2D eigenvalue weighted by atomic mass is 19.4. The Balaban J connectivity index is 1.52. The molecule has 1 aromatic carbocycles. The molecule has 146 valence electrons. The molecule has 0 aliphatic heterocycles. The zero-order valence-corrected chi connectivity index (χ0v) is 15.9. The van der Waals surface area contributed by atoms with Crippen LogP contribution in [0.1, 0.15) is 63.1 Å². The van der Waals surface area contributed by atoms with E-state index in [0.29, 0.717) is 5.56 Å². The Hall–Kier alpha value is -1.84. The van der Waals surface area contributed by atoms with Crippen LogP contribution in [-0.2, 0) is 12.6 Å². The molecule has 0 bridgehead atoms. The fourth-order valence-corrected chi connectivity index (χ4v) is 4.18. The van der Waals surface area contributed by atoms with Crippen molar-refractivity contribution in [2.24, 2.45) is 11.8 Å². The molecule has 1 aromatic heterocycles. The first kappa shape index (κ1) is 19.9. The number of hydrogen-bond acceptors (Lipinski definition) is 1. The molecule has 0 saturated heterocycles. The predicted molar refractivity (Wildman–Crippen MR) is 103 cm³/mol. The number of nitrogens with zero attached hydrogens (tertiary/aromatic N) is 1. The van der Waals surface area contributed by atoms with Gasteiger partial charge in [-0.1, -0.05) is 75.8 Å².